The maximum atomic E-state index is 6.58. The fraction of sp³-hybridized carbons (Fsp3) is 0.867. The van der Waals surface area contributed by atoms with Gasteiger partial charge < -0.3 is 10.5 Å². The lowest BCUT2D eigenvalue weighted by Gasteiger charge is -2.47. The summed E-state index contributed by atoms with van der Waals surface area (Å²) < 4.78 is 5.49. The van der Waals surface area contributed by atoms with E-state index in [1.54, 1.807) is 0 Å². The van der Waals surface area contributed by atoms with E-state index < -0.39 is 0 Å². The number of morpholine rings is 1. The topological polar surface area (TPSA) is 38.5 Å². The molecule has 0 spiro atoms. The van der Waals surface area contributed by atoms with Crippen LogP contribution in [0.15, 0.2) is 12.2 Å². The van der Waals surface area contributed by atoms with Crippen molar-refractivity contribution in [3.05, 3.63) is 12.2 Å². The summed E-state index contributed by atoms with van der Waals surface area (Å²) in [5.41, 5.74) is 8.10. The van der Waals surface area contributed by atoms with Crippen LogP contribution in [0.4, 0.5) is 0 Å². The van der Waals surface area contributed by atoms with Crippen LogP contribution < -0.4 is 5.73 Å². The monoisotopic (exact) mass is 252 g/mol. The number of nitrogens with zero attached hydrogens (tertiary/aromatic N) is 1. The van der Waals surface area contributed by atoms with Gasteiger partial charge in [0.2, 0.25) is 0 Å². The van der Waals surface area contributed by atoms with Crippen LogP contribution in [-0.2, 0) is 4.74 Å². The molecule has 1 heterocycles. The van der Waals surface area contributed by atoms with E-state index in [1.807, 2.05) is 0 Å². The van der Waals surface area contributed by atoms with Crippen LogP contribution in [0, 0.1) is 0 Å². The third-order valence-electron chi connectivity index (χ3n) is 4.81. The zero-order valence-electron chi connectivity index (χ0n) is 11.8. The molecule has 2 aliphatic rings. The molecule has 0 amide bonds. The number of hydrogen-bond donors (Lipinski definition) is 1. The molecular formula is C15H28N2O. The lowest BCUT2D eigenvalue weighted by atomic mass is 9.82. The van der Waals surface area contributed by atoms with Gasteiger partial charge in [-0.2, -0.15) is 0 Å². The van der Waals surface area contributed by atoms with E-state index in [4.69, 9.17) is 10.5 Å². The van der Waals surface area contributed by atoms with Gasteiger partial charge in [0, 0.05) is 24.7 Å². The molecule has 1 aliphatic carbocycles. The summed E-state index contributed by atoms with van der Waals surface area (Å²) in [5.74, 6) is 0. The normalized spacial score (nSPS) is 26.1. The largest absolute Gasteiger partial charge is 0.379 e. The molecule has 3 heteroatoms. The Bertz CT molecular complexity index is 278. The van der Waals surface area contributed by atoms with Crippen LogP contribution >= 0.6 is 0 Å². The molecule has 1 saturated carbocycles. The Morgan fingerprint density at radius 3 is 2.50 bits per heavy atom. The van der Waals surface area contributed by atoms with Gasteiger partial charge in [-0.15, -0.1) is 0 Å². The minimum Gasteiger partial charge on any atom is -0.379 e. The fourth-order valence-electron chi connectivity index (χ4n) is 3.56. The highest BCUT2D eigenvalue weighted by Gasteiger charge is 2.44. The number of ether oxygens (including phenoxy) is 1. The second-order valence-corrected chi connectivity index (χ2v) is 5.82. The summed E-state index contributed by atoms with van der Waals surface area (Å²) in [4.78, 5) is 2.61. The van der Waals surface area contributed by atoms with Crippen molar-refractivity contribution >= 4 is 0 Å². The van der Waals surface area contributed by atoms with Gasteiger partial charge in [-0.1, -0.05) is 31.9 Å². The molecule has 1 unspecified atom stereocenters. The molecule has 2 fully saturated rings. The van der Waals surface area contributed by atoms with Gasteiger partial charge in [-0.3, -0.25) is 4.90 Å². The predicted octanol–water partition coefficient (Wildman–Crippen LogP) is 2.31. The van der Waals surface area contributed by atoms with E-state index in [9.17, 15) is 0 Å². The van der Waals surface area contributed by atoms with Crippen LogP contribution in [0.25, 0.3) is 0 Å². The van der Waals surface area contributed by atoms with Gasteiger partial charge in [0.15, 0.2) is 0 Å². The van der Waals surface area contributed by atoms with Gasteiger partial charge in [0.05, 0.1) is 13.2 Å². The van der Waals surface area contributed by atoms with E-state index in [0.717, 1.165) is 39.1 Å². The fourth-order valence-corrected chi connectivity index (χ4v) is 3.56. The molecule has 0 aromatic rings. The van der Waals surface area contributed by atoms with Crippen LogP contribution in [-0.4, -0.2) is 42.8 Å². The molecule has 1 aliphatic heterocycles. The van der Waals surface area contributed by atoms with Crippen LogP contribution in [0.2, 0.25) is 0 Å². The van der Waals surface area contributed by atoms with E-state index in [1.165, 1.54) is 31.3 Å². The average molecular weight is 252 g/mol. The second kappa shape index (κ2) is 6.18. The molecule has 2 rings (SSSR count). The van der Waals surface area contributed by atoms with Crippen molar-refractivity contribution in [2.24, 2.45) is 5.73 Å². The molecule has 0 aromatic carbocycles. The minimum atomic E-state index is 0.224. The number of nitrogens with two attached hydrogens (primary N) is 1. The van der Waals surface area contributed by atoms with Gasteiger partial charge in [0.1, 0.15) is 0 Å². The van der Waals surface area contributed by atoms with E-state index in [0.29, 0.717) is 0 Å². The summed E-state index contributed by atoms with van der Waals surface area (Å²) in [5, 5.41) is 0. The molecule has 0 bridgehead atoms. The Morgan fingerprint density at radius 1 is 1.33 bits per heavy atom. The highest BCUT2D eigenvalue weighted by Crippen LogP contribution is 2.39. The van der Waals surface area contributed by atoms with E-state index in [2.05, 4.69) is 18.4 Å². The highest BCUT2D eigenvalue weighted by atomic mass is 16.5. The first kappa shape index (κ1) is 14.0. The molecule has 104 valence electrons. The maximum absolute atomic E-state index is 6.58. The lowest BCUT2D eigenvalue weighted by Crippen LogP contribution is -2.61. The molecule has 1 saturated heterocycles. The number of hydrogen-bond acceptors (Lipinski definition) is 3. The molecule has 2 N–H and O–H groups in total. The average Bonchev–Trinajstić information content (AvgIpc) is 2.90. The van der Waals surface area contributed by atoms with Crippen molar-refractivity contribution in [2.75, 3.05) is 26.3 Å². The molecular weight excluding hydrogens is 224 g/mol. The van der Waals surface area contributed by atoms with E-state index >= 15 is 0 Å². The first-order valence-electron chi connectivity index (χ1n) is 7.44. The quantitative estimate of drug-likeness (QED) is 0.763. The van der Waals surface area contributed by atoms with Gasteiger partial charge in [-0.05, 0) is 25.7 Å². The Hall–Kier alpha value is -0.380. The second-order valence-electron chi connectivity index (χ2n) is 5.82. The number of rotatable bonds is 5. The molecule has 18 heavy (non-hydrogen) atoms. The van der Waals surface area contributed by atoms with Crippen LogP contribution in [0.1, 0.15) is 45.4 Å². The third-order valence-corrected chi connectivity index (χ3v) is 4.81. The lowest BCUT2D eigenvalue weighted by molar-refractivity contribution is -0.0306. The standard InChI is InChI=1S/C15H28N2O/c1-3-13(2)12-14(16)15(6-4-5-7-15)17-8-10-18-11-9-17/h14H,2-12,16H2,1H3. The maximum Gasteiger partial charge on any atom is 0.0594 e. The third kappa shape index (κ3) is 2.79. The highest BCUT2D eigenvalue weighted by molar-refractivity contribution is 5.08. The Balaban J connectivity index is 2.07. The van der Waals surface area contributed by atoms with Crippen molar-refractivity contribution in [2.45, 2.75) is 57.0 Å². The van der Waals surface area contributed by atoms with Crippen molar-refractivity contribution in [3.8, 4) is 0 Å². The summed E-state index contributed by atoms with van der Waals surface area (Å²) in [6, 6.07) is 0.241. The SMILES string of the molecule is C=C(CC)CC(N)C1(N2CCOCC2)CCCC1. The summed E-state index contributed by atoms with van der Waals surface area (Å²) in [7, 11) is 0. The van der Waals surface area contributed by atoms with Crippen LogP contribution in [0.5, 0.6) is 0 Å². The summed E-state index contributed by atoms with van der Waals surface area (Å²) in [6.45, 7) is 10.1. The Morgan fingerprint density at radius 2 is 1.94 bits per heavy atom. The first-order chi connectivity index (χ1) is 8.69. The smallest absolute Gasteiger partial charge is 0.0594 e. The summed E-state index contributed by atoms with van der Waals surface area (Å²) in [6.07, 6.45) is 7.18. The van der Waals surface area contributed by atoms with Gasteiger partial charge in [-0.25, -0.2) is 0 Å². The van der Waals surface area contributed by atoms with E-state index in [-0.39, 0.29) is 11.6 Å². The minimum absolute atomic E-state index is 0.224. The molecule has 0 aromatic heterocycles. The molecule has 0 radical (unpaired) electrons. The Labute approximate surface area is 111 Å². The van der Waals surface area contributed by atoms with Crippen molar-refractivity contribution < 1.29 is 4.74 Å². The predicted molar refractivity (Wildman–Crippen MR) is 75.6 cm³/mol. The first-order valence-corrected chi connectivity index (χ1v) is 7.44. The molecule has 3 nitrogen and oxygen atoms in total. The van der Waals surface area contributed by atoms with Crippen LogP contribution in [0.3, 0.4) is 0 Å². The van der Waals surface area contributed by atoms with Crippen molar-refractivity contribution in [1.29, 1.82) is 0 Å². The van der Waals surface area contributed by atoms with Crippen molar-refractivity contribution in [3.63, 3.8) is 0 Å². The van der Waals surface area contributed by atoms with Gasteiger partial charge >= 0.3 is 0 Å². The summed E-state index contributed by atoms with van der Waals surface area (Å²) >= 11 is 0. The molecule has 1 atom stereocenters. The van der Waals surface area contributed by atoms with Gasteiger partial charge in [0.25, 0.3) is 0 Å². The zero-order valence-corrected chi connectivity index (χ0v) is 11.8. The zero-order chi connectivity index (χ0) is 13.0. The Kier molecular flexibility index (Phi) is 4.82. The van der Waals surface area contributed by atoms with Crippen molar-refractivity contribution in [1.82, 2.24) is 4.90 Å².